The molecule has 9 heteroatoms. The SMILES string of the molecule is COc1ccc(NC(=O)[C@@H]2C[C@@H](c3ccc(F)cc3)N([S+](=O)([O-])c3cccnc3)C2)c(C)c1. The van der Waals surface area contributed by atoms with Crippen molar-refractivity contribution in [2.75, 3.05) is 19.0 Å². The van der Waals surface area contributed by atoms with Gasteiger partial charge in [-0.05, 0) is 66.9 Å². The van der Waals surface area contributed by atoms with Gasteiger partial charge in [-0.25, -0.2) is 4.39 Å². The second-order valence-electron chi connectivity index (χ2n) is 7.93. The number of aromatic nitrogens is 1. The van der Waals surface area contributed by atoms with Gasteiger partial charge in [0.25, 0.3) is 0 Å². The standard InChI is InChI=1S/C24H24FN3O4S/c1-16-12-20(32-2)9-10-22(16)27-24(29)18-13-23(17-5-7-19(25)8-6-17)28(15-18)33(30,31)21-4-3-11-26-14-21/h3-12,14,18,23H,13,15H2,1-2H3,(H-,27,29,30,31)/t18-,23+/m1/s1. The number of pyridine rings is 1. The number of rotatable bonds is 6. The van der Waals surface area contributed by atoms with Crippen LogP contribution in [0.1, 0.15) is 23.6 Å². The van der Waals surface area contributed by atoms with Crippen LogP contribution >= 0.6 is 0 Å². The lowest BCUT2D eigenvalue weighted by Gasteiger charge is -2.28. The molecular formula is C24H24FN3O4S. The van der Waals surface area contributed by atoms with Crippen LogP contribution in [0.5, 0.6) is 5.75 Å². The van der Waals surface area contributed by atoms with Crippen LogP contribution in [0.4, 0.5) is 10.1 Å². The second kappa shape index (κ2) is 9.38. The van der Waals surface area contributed by atoms with E-state index >= 15 is 0 Å². The normalized spacial score (nSPS) is 20.2. The van der Waals surface area contributed by atoms with Crippen LogP contribution < -0.4 is 10.1 Å². The van der Waals surface area contributed by atoms with E-state index in [9.17, 15) is 17.9 Å². The van der Waals surface area contributed by atoms with Crippen LogP contribution in [0.25, 0.3) is 0 Å². The lowest BCUT2D eigenvalue weighted by atomic mass is 9.99. The van der Waals surface area contributed by atoms with Gasteiger partial charge in [0, 0.05) is 11.9 Å². The van der Waals surface area contributed by atoms with Crippen LogP contribution in [0.15, 0.2) is 71.9 Å². The number of amides is 1. The molecule has 1 amide bonds. The zero-order valence-corrected chi connectivity index (χ0v) is 19.0. The number of ether oxygens (including phenoxy) is 1. The summed E-state index contributed by atoms with van der Waals surface area (Å²) < 4.78 is 46.8. The monoisotopic (exact) mass is 469 g/mol. The molecule has 1 aliphatic heterocycles. The predicted molar refractivity (Wildman–Crippen MR) is 122 cm³/mol. The Morgan fingerprint density at radius 3 is 2.64 bits per heavy atom. The average molecular weight is 470 g/mol. The largest absolute Gasteiger partial charge is 0.593 e. The topological polar surface area (TPSA) is 94.6 Å². The van der Waals surface area contributed by atoms with Crippen LogP contribution in [0.3, 0.4) is 0 Å². The molecule has 1 aromatic heterocycles. The number of methoxy groups -OCH3 is 1. The van der Waals surface area contributed by atoms with Crippen LogP contribution in [0, 0.1) is 18.7 Å². The smallest absolute Gasteiger partial charge is 0.229 e. The van der Waals surface area contributed by atoms with Gasteiger partial charge < -0.3 is 14.6 Å². The molecule has 0 radical (unpaired) electrons. The summed E-state index contributed by atoms with van der Waals surface area (Å²) in [5, 5.41) is 2.91. The van der Waals surface area contributed by atoms with Crippen molar-refractivity contribution in [1.29, 1.82) is 0 Å². The Morgan fingerprint density at radius 2 is 2.00 bits per heavy atom. The summed E-state index contributed by atoms with van der Waals surface area (Å²) in [6.45, 7) is 1.85. The van der Waals surface area contributed by atoms with E-state index in [4.69, 9.17) is 4.74 Å². The van der Waals surface area contributed by atoms with Crippen molar-refractivity contribution in [3.8, 4) is 5.75 Å². The number of anilines is 1. The van der Waals surface area contributed by atoms with Gasteiger partial charge in [-0.3, -0.25) is 9.78 Å². The number of carbonyl (C=O) groups is 1. The summed E-state index contributed by atoms with van der Waals surface area (Å²) in [5.41, 5.74) is 2.09. The molecule has 2 heterocycles. The van der Waals surface area contributed by atoms with E-state index in [1.54, 1.807) is 37.4 Å². The third-order valence-corrected chi connectivity index (χ3v) is 7.67. The minimum Gasteiger partial charge on any atom is -0.593 e. The van der Waals surface area contributed by atoms with Crippen molar-refractivity contribution < 1.29 is 22.7 Å². The fourth-order valence-corrected chi connectivity index (χ4v) is 5.66. The van der Waals surface area contributed by atoms with Gasteiger partial charge in [0.2, 0.25) is 5.91 Å². The molecule has 4 rings (SSSR count). The zero-order valence-electron chi connectivity index (χ0n) is 18.2. The highest BCUT2D eigenvalue weighted by Crippen LogP contribution is 2.41. The maximum atomic E-state index is 13.5. The summed E-state index contributed by atoms with van der Waals surface area (Å²) in [6.07, 6.45) is 3.05. The molecule has 2 aromatic carbocycles. The van der Waals surface area contributed by atoms with Gasteiger partial charge in [0.1, 0.15) is 11.6 Å². The van der Waals surface area contributed by atoms with Crippen LogP contribution in [-0.4, -0.2) is 33.4 Å². The molecule has 0 bridgehead atoms. The molecule has 1 saturated heterocycles. The Morgan fingerprint density at radius 1 is 1.24 bits per heavy atom. The fourth-order valence-electron chi connectivity index (χ4n) is 4.02. The molecule has 1 unspecified atom stereocenters. The van der Waals surface area contributed by atoms with E-state index in [-0.39, 0.29) is 23.8 Å². The fraction of sp³-hybridized carbons (Fsp3) is 0.250. The highest BCUT2D eigenvalue weighted by molar-refractivity contribution is 7.95. The average Bonchev–Trinajstić information content (AvgIpc) is 3.28. The summed E-state index contributed by atoms with van der Waals surface area (Å²) in [6, 6.07) is 13.4. The highest BCUT2D eigenvalue weighted by Gasteiger charge is 2.47. The van der Waals surface area contributed by atoms with Gasteiger partial charge >= 0.3 is 0 Å². The van der Waals surface area contributed by atoms with Crippen molar-refractivity contribution in [3.63, 3.8) is 0 Å². The minimum absolute atomic E-state index is 0.000304. The molecule has 172 valence electrons. The van der Waals surface area contributed by atoms with Crippen molar-refractivity contribution in [2.24, 2.45) is 5.92 Å². The zero-order chi connectivity index (χ0) is 23.6. The Kier molecular flexibility index (Phi) is 6.55. The number of nitrogens with zero attached hydrogens (tertiary/aromatic N) is 2. The summed E-state index contributed by atoms with van der Waals surface area (Å²) >= 11 is 0. The lowest BCUT2D eigenvalue weighted by molar-refractivity contribution is -0.119. The maximum absolute atomic E-state index is 13.5. The van der Waals surface area contributed by atoms with E-state index in [0.29, 0.717) is 17.0 Å². The molecule has 3 aromatic rings. The van der Waals surface area contributed by atoms with E-state index < -0.39 is 28.2 Å². The predicted octanol–water partition coefficient (Wildman–Crippen LogP) is 4.14. The van der Waals surface area contributed by atoms with E-state index in [1.807, 2.05) is 13.0 Å². The van der Waals surface area contributed by atoms with Crippen molar-refractivity contribution in [1.82, 2.24) is 9.29 Å². The third kappa shape index (κ3) is 4.80. The third-order valence-electron chi connectivity index (χ3n) is 5.81. The number of hydrogen-bond acceptors (Lipinski definition) is 5. The number of sulfonamides is 1. The van der Waals surface area contributed by atoms with Crippen molar-refractivity contribution >= 4 is 22.0 Å². The molecule has 0 saturated carbocycles. The molecule has 1 aliphatic rings. The molecule has 3 atom stereocenters. The summed E-state index contributed by atoms with van der Waals surface area (Å²) in [5.74, 6) is -0.605. The lowest BCUT2D eigenvalue weighted by Crippen LogP contribution is -2.37. The molecule has 33 heavy (non-hydrogen) atoms. The van der Waals surface area contributed by atoms with Gasteiger partial charge in [-0.2, -0.15) is 0 Å². The number of halogens is 1. The van der Waals surface area contributed by atoms with Gasteiger partial charge in [0.15, 0.2) is 15.3 Å². The van der Waals surface area contributed by atoms with Gasteiger partial charge in [-0.15, -0.1) is 4.31 Å². The Bertz CT molecular complexity index is 1190. The Labute approximate surface area is 193 Å². The first kappa shape index (κ1) is 23.0. The van der Waals surface area contributed by atoms with Crippen molar-refractivity contribution in [2.45, 2.75) is 24.3 Å². The van der Waals surface area contributed by atoms with Crippen molar-refractivity contribution in [3.05, 3.63) is 83.9 Å². The molecule has 1 fully saturated rings. The number of hydrogen-bond donors (Lipinski definition) is 1. The molecule has 0 spiro atoms. The minimum atomic E-state index is -3.92. The number of nitrogens with one attached hydrogen (secondary N) is 1. The van der Waals surface area contributed by atoms with E-state index in [2.05, 4.69) is 10.3 Å². The second-order valence-corrected chi connectivity index (χ2v) is 9.82. The number of benzene rings is 2. The first-order chi connectivity index (χ1) is 15.8. The molecule has 1 N–H and O–H groups in total. The first-order valence-corrected chi connectivity index (χ1v) is 11.9. The van der Waals surface area contributed by atoms with E-state index in [1.165, 1.54) is 34.9 Å². The molecule has 7 nitrogen and oxygen atoms in total. The van der Waals surface area contributed by atoms with Crippen LogP contribution in [-0.2, 0) is 19.4 Å². The van der Waals surface area contributed by atoms with Gasteiger partial charge in [0.05, 0.1) is 31.8 Å². The summed E-state index contributed by atoms with van der Waals surface area (Å²) in [7, 11) is -2.35. The van der Waals surface area contributed by atoms with Crippen LogP contribution in [0.2, 0.25) is 0 Å². The first-order valence-electron chi connectivity index (χ1n) is 10.4. The Hall–Kier alpha value is -3.14. The Balaban J connectivity index is 1.62. The van der Waals surface area contributed by atoms with E-state index in [0.717, 1.165) is 5.56 Å². The quantitative estimate of drug-likeness (QED) is 0.548. The summed E-state index contributed by atoms with van der Waals surface area (Å²) in [4.78, 5) is 17.1. The molecule has 0 aliphatic carbocycles. The number of carbonyl (C=O) groups excluding carboxylic acids is 1. The molecular weight excluding hydrogens is 445 g/mol. The van der Waals surface area contributed by atoms with Gasteiger partial charge in [-0.1, -0.05) is 16.3 Å². The maximum Gasteiger partial charge on any atom is 0.229 e. The number of aryl methyl sites for hydroxylation is 1. The highest BCUT2D eigenvalue weighted by atomic mass is 32.3.